The van der Waals surface area contributed by atoms with E-state index in [2.05, 4.69) is 5.32 Å². The number of carbonyl (C=O) groups excluding carboxylic acids is 1. The molecule has 38 heavy (non-hydrogen) atoms. The minimum atomic E-state index is -1.29. The normalized spacial score (nSPS) is 24.1. The van der Waals surface area contributed by atoms with Crippen LogP contribution in [0.25, 0.3) is 0 Å². The number of benzene rings is 4. The number of rotatable bonds is 5. The Morgan fingerprint density at radius 3 is 2.18 bits per heavy atom. The number of carbonyl (C=O) groups is 1. The highest BCUT2D eigenvalue weighted by Crippen LogP contribution is 2.57. The molecule has 4 atom stereocenters. The molecule has 0 aliphatic carbocycles. The largest absolute Gasteiger partial charge is 0.306 e. The van der Waals surface area contributed by atoms with Gasteiger partial charge in [-0.2, -0.15) is 0 Å². The lowest BCUT2D eigenvalue weighted by Gasteiger charge is -2.31. The van der Waals surface area contributed by atoms with E-state index >= 15 is 0 Å². The van der Waals surface area contributed by atoms with E-state index in [-0.39, 0.29) is 10.8 Å². The van der Waals surface area contributed by atoms with Gasteiger partial charge < -0.3 is 4.90 Å². The highest BCUT2D eigenvalue weighted by Gasteiger charge is 2.68. The second-order valence-corrected chi connectivity index (χ2v) is 10.3. The molecule has 190 valence electrons. The van der Waals surface area contributed by atoms with Crippen molar-refractivity contribution in [1.82, 2.24) is 5.32 Å². The van der Waals surface area contributed by atoms with Crippen molar-refractivity contribution in [1.29, 1.82) is 0 Å². The van der Waals surface area contributed by atoms with Crippen molar-refractivity contribution in [2.75, 3.05) is 4.90 Å². The summed E-state index contributed by atoms with van der Waals surface area (Å²) in [4.78, 5) is 29.2. The zero-order valence-corrected chi connectivity index (χ0v) is 21.4. The lowest BCUT2D eigenvalue weighted by molar-refractivity contribution is -0.527. The van der Waals surface area contributed by atoms with Gasteiger partial charge in [0.25, 0.3) is 5.91 Å². The number of hydrogen-bond donors (Lipinski definition) is 1. The van der Waals surface area contributed by atoms with Crippen LogP contribution in [0.2, 0.25) is 0 Å². The fraction of sp³-hybridized carbons (Fsp3) is 0.219. The van der Waals surface area contributed by atoms with Crippen LogP contribution in [0.15, 0.2) is 103 Å². The maximum atomic E-state index is 14.7. The lowest BCUT2D eigenvalue weighted by atomic mass is 9.73. The quantitative estimate of drug-likeness (QED) is 0.275. The van der Waals surface area contributed by atoms with Gasteiger partial charge in [-0.1, -0.05) is 97.1 Å². The summed E-state index contributed by atoms with van der Waals surface area (Å²) in [6.45, 7) is 4.42. The predicted octanol–water partition coefficient (Wildman–Crippen LogP) is 5.82. The average Bonchev–Trinajstić information content (AvgIpc) is 3.41. The Morgan fingerprint density at radius 2 is 1.50 bits per heavy atom. The first-order chi connectivity index (χ1) is 18.4. The summed E-state index contributed by atoms with van der Waals surface area (Å²) < 4.78 is 0. The Kier molecular flexibility index (Phi) is 5.84. The first kappa shape index (κ1) is 24.1. The van der Waals surface area contributed by atoms with Crippen molar-refractivity contribution in [2.45, 2.75) is 43.9 Å². The summed E-state index contributed by atoms with van der Waals surface area (Å²) in [5, 5.41) is 16.5. The molecule has 1 amide bonds. The topological polar surface area (TPSA) is 75.5 Å². The maximum Gasteiger partial charge on any atom is 0.253 e. The number of fused-ring (bicyclic) bond motifs is 2. The van der Waals surface area contributed by atoms with Crippen LogP contribution in [-0.2, 0) is 16.9 Å². The van der Waals surface area contributed by atoms with Crippen LogP contribution in [0.5, 0.6) is 0 Å². The smallest absolute Gasteiger partial charge is 0.253 e. The molecule has 1 N–H and O–H groups in total. The van der Waals surface area contributed by atoms with E-state index in [0.29, 0.717) is 6.54 Å². The number of amides is 1. The van der Waals surface area contributed by atoms with E-state index < -0.39 is 23.5 Å². The van der Waals surface area contributed by atoms with E-state index in [1.54, 1.807) is 4.90 Å². The van der Waals surface area contributed by atoms with Gasteiger partial charge in [-0.3, -0.25) is 20.2 Å². The molecule has 4 aromatic carbocycles. The van der Waals surface area contributed by atoms with Gasteiger partial charge in [-0.15, -0.1) is 0 Å². The minimum Gasteiger partial charge on any atom is -0.306 e. The molecule has 0 radical (unpaired) electrons. The number of anilines is 1. The summed E-state index contributed by atoms with van der Waals surface area (Å²) in [6, 6.07) is 31.3. The number of nitrogens with zero attached hydrogens (tertiary/aromatic N) is 2. The molecule has 6 nitrogen and oxygen atoms in total. The minimum absolute atomic E-state index is 0.156. The number of nitrogens with one attached hydrogen (secondary N) is 1. The average molecular weight is 504 g/mol. The molecule has 1 saturated heterocycles. The van der Waals surface area contributed by atoms with Gasteiger partial charge >= 0.3 is 0 Å². The van der Waals surface area contributed by atoms with Gasteiger partial charge in [0.05, 0.1) is 12.5 Å². The van der Waals surface area contributed by atoms with Crippen molar-refractivity contribution in [3.63, 3.8) is 0 Å². The second kappa shape index (κ2) is 9.23. The van der Waals surface area contributed by atoms with Gasteiger partial charge in [-0.25, -0.2) is 0 Å². The predicted molar refractivity (Wildman–Crippen MR) is 148 cm³/mol. The molecule has 2 aliphatic rings. The van der Waals surface area contributed by atoms with Crippen LogP contribution in [0.4, 0.5) is 5.69 Å². The molecular weight excluding hydrogens is 474 g/mol. The Labute approximate surface area is 222 Å². The van der Waals surface area contributed by atoms with Crippen molar-refractivity contribution >= 4 is 11.6 Å². The number of hydrogen-bond acceptors (Lipinski definition) is 4. The van der Waals surface area contributed by atoms with Crippen LogP contribution in [0.1, 0.15) is 45.3 Å². The zero-order valence-electron chi connectivity index (χ0n) is 21.4. The third kappa shape index (κ3) is 3.63. The van der Waals surface area contributed by atoms with Crippen LogP contribution in [0.3, 0.4) is 0 Å². The molecule has 1 unspecified atom stereocenters. The first-order valence-electron chi connectivity index (χ1n) is 12.9. The third-order valence-electron chi connectivity index (χ3n) is 8.21. The molecule has 1 fully saturated rings. The molecule has 0 aromatic heterocycles. The fourth-order valence-electron chi connectivity index (χ4n) is 6.30. The van der Waals surface area contributed by atoms with E-state index in [1.165, 1.54) is 0 Å². The standard InChI is InChI=1S/C32H29N3O3/c1-21-17-18-25(19-22(21)2)28-30(35(37)38)29(24-13-7-4-8-14-24)33-32(28)26-15-9-10-16-27(26)34(31(32)36)20-23-11-5-3-6-12-23/h3-19,28-30,33H,20H2,1-2H3/t28-,29+,30+,32?/m1/s1. The summed E-state index contributed by atoms with van der Waals surface area (Å²) in [6.07, 6.45) is 0. The van der Waals surface area contributed by atoms with Crippen LogP contribution < -0.4 is 10.2 Å². The zero-order chi connectivity index (χ0) is 26.4. The number of para-hydroxylation sites is 1. The lowest BCUT2D eigenvalue weighted by Crippen LogP contribution is -2.50. The van der Waals surface area contributed by atoms with Crippen molar-refractivity contribution in [3.8, 4) is 0 Å². The van der Waals surface area contributed by atoms with E-state index in [1.807, 2.05) is 117 Å². The van der Waals surface area contributed by atoms with Crippen LogP contribution in [-0.4, -0.2) is 16.9 Å². The molecule has 0 saturated carbocycles. The summed E-state index contributed by atoms with van der Waals surface area (Å²) >= 11 is 0. The van der Waals surface area contributed by atoms with Gasteiger partial charge in [0.1, 0.15) is 11.6 Å². The van der Waals surface area contributed by atoms with E-state index in [4.69, 9.17) is 0 Å². The second-order valence-electron chi connectivity index (χ2n) is 10.3. The van der Waals surface area contributed by atoms with Gasteiger partial charge in [-0.05, 0) is 47.7 Å². The van der Waals surface area contributed by atoms with Crippen LogP contribution >= 0.6 is 0 Å². The molecule has 4 aromatic rings. The Morgan fingerprint density at radius 1 is 0.842 bits per heavy atom. The van der Waals surface area contributed by atoms with Gasteiger partial charge in [0.2, 0.25) is 6.04 Å². The molecule has 6 rings (SSSR count). The highest BCUT2D eigenvalue weighted by atomic mass is 16.6. The monoisotopic (exact) mass is 503 g/mol. The summed E-state index contributed by atoms with van der Waals surface area (Å²) in [7, 11) is 0. The van der Waals surface area contributed by atoms with Crippen molar-refractivity contribution in [2.24, 2.45) is 0 Å². The summed E-state index contributed by atoms with van der Waals surface area (Å²) in [5.74, 6) is -0.868. The maximum absolute atomic E-state index is 14.7. The molecule has 2 aliphatic heterocycles. The van der Waals surface area contributed by atoms with E-state index in [0.717, 1.165) is 39.1 Å². The molecular formula is C32H29N3O3. The third-order valence-corrected chi connectivity index (χ3v) is 8.21. The van der Waals surface area contributed by atoms with Crippen molar-refractivity contribution < 1.29 is 9.72 Å². The SMILES string of the molecule is Cc1ccc([C@@H]2[C@H]([N+](=O)[O-])[C@H](c3ccccc3)NC23C(=O)N(Cc2ccccc2)c2ccccc23)cc1C. The van der Waals surface area contributed by atoms with Crippen LogP contribution in [0, 0.1) is 24.0 Å². The Bertz CT molecular complexity index is 1520. The van der Waals surface area contributed by atoms with Gasteiger partial charge in [0.15, 0.2) is 0 Å². The molecule has 2 heterocycles. The highest BCUT2D eigenvalue weighted by molar-refractivity contribution is 6.09. The number of nitro groups is 1. The molecule has 0 bridgehead atoms. The summed E-state index contributed by atoms with van der Waals surface area (Å²) in [5.41, 5.74) is 5.03. The Hall–Kier alpha value is -4.29. The molecule has 1 spiro atoms. The Balaban J connectivity index is 1.59. The first-order valence-corrected chi connectivity index (χ1v) is 12.9. The number of aryl methyl sites for hydroxylation is 2. The fourth-order valence-corrected chi connectivity index (χ4v) is 6.30. The van der Waals surface area contributed by atoms with E-state index in [9.17, 15) is 14.9 Å². The molecule has 6 heteroatoms. The van der Waals surface area contributed by atoms with Gasteiger partial charge in [0, 0.05) is 16.2 Å². The van der Waals surface area contributed by atoms with Crippen molar-refractivity contribution in [3.05, 3.63) is 147 Å².